The van der Waals surface area contributed by atoms with Gasteiger partial charge >= 0.3 is 0 Å². The van der Waals surface area contributed by atoms with Crippen molar-refractivity contribution in [2.24, 2.45) is 0 Å². The van der Waals surface area contributed by atoms with Crippen LogP contribution in [0, 0.1) is 23.3 Å². The van der Waals surface area contributed by atoms with E-state index in [1.54, 1.807) is 0 Å². The molecule has 32 heavy (non-hydrogen) atoms. The Morgan fingerprint density at radius 2 is 1.72 bits per heavy atom. The molecular weight excluding hydrogens is 442 g/mol. The van der Waals surface area contributed by atoms with Gasteiger partial charge in [-0.3, -0.25) is 0 Å². The topological polar surface area (TPSA) is 27.7 Å². The number of benzene rings is 2. The molecule has 9 heteroatoms. The number of hydrogen-bond acceptors (Lipinski definition) is 3. The zero-order valence-corrected chi connectivity index (χ0v) is 18.7. The van der Waals surface area contributed by atoms with Gasteiger partial charge in [0.05, 0.1) is 6.61 Å². The number of anilines is 1. The summed E-state index contributed by atoms with van der Waals surface area (Å²) in [6.45, 7) is 3.16. The second-order valence-electron chi connectivity index (χ2n) is 7.84. The van der Waals surface area contributed by atoms with E-state index in [1.807, 2.05) is 11.9 Å². The fourth-order valence-corrected chi connectivity index (χ4v) is 3.95. The Kier molecular flexibility index (Phi) is 8.69. The summed E-state index contributed by atoms with van der Waals surface area (Å²) in [5, 5.41) is 2.98. The predicted octanol–water partition coefficient (Wildman–Crippen LogP) is 5.20. The number of ether oxygens (including phenoxy) is 1. The number of nitrogens with zero attached hydrogens (tertiary/aromatic N) is 2. The minimum atomic E-state index is -0.913. The number of thiocarbonyl (C=S) groups is 1. The van der Waals surface area contributed by atoms with Crippen LogP contribution in [0.25, 0.3) is 0 Å². The molecule has 0 aliphatic carbocycles. The monoisotopic (exact) mass is 469 g/mol. The fourth-order valence-electron chi connectivity index (χ4n) is 3.70. The number of unbranched alkanes of at least 4 members (excludes halogenated alkanes) is 1. The summed E-state index contributed by atoms with van der Waals surface area (Å²) in [4.78, 5) is 4.23. The van der Waals surface area contributed by atoms with E-state index in [9.17, 15) is 17.6 Å². The number of nitrogens with one attached hydrogen (secondary N) is 1. The van der Waals surface area contributed by atoms with E-state index in [0.29, 0.717) is 17.5 Å². The summed E-state index contributed by atoms with van der Waals surface area (Å²) in [7, 11) is 1.84. The minimum Gasteiger partial charge on any atom is -0.493 e. The summed E-state index contributed by atoms with van der Waals surface area (Å²) < 4.78 is 59.2. The first-order valence-corrected chi connectivity index (χ1v) is 11.0. The van der Waals surface area contributed by atoms with E-state index >= 15 is 0 Å². The van der Waals surface area contributed by atoms with Crippen LogP contribution in [0.15, 0.2) is 36.4 Å². The fraction of sp³-hybridized carbons (Fsp3) is 0.435. The summed E-state index contributed by atoms with van der Waals surface area (Å²) in [6.07, 6.45) is 3.52. The second kappa shape index (κ2) is 11.5. The third kappa shape index (κ3) is 6.56. The highest BCUT2D eigenvalue weighted by molar-refractivity contribution is 7.80. The molecule has 1 N–H and O–H groups in total. The highest BCUT2D eigenvalue weighted by Gasteiger charge is 2.24. The zero-order chi connectivity index (χ0) is 23.1. The van der Waals surface area contributed by atoms with Gasteiger partial charge in [-0.2, -0.15) is 0 Å². The van der Waals surface area contributed by atoms with Gasteiger partial charge in [-0.15, -0.1) is 0 Å². The maximum absolute atomic E-state index is 13.8. The number of rotatable bonds is 8. The number of para-hydroxylation sites is 1. The van der Waals surface area contributed by atoms with E-state index < -0.39 is 23.3 Å². The van der Waals surface area contributed by atoms with Crippen LogP contribution in [0.2, 0.25) is 0 Å². The van der Waals surface area contributed by atoms with Crippen LogP contribution in [0.4, 0.5) is 23.2 Å². The van der Waals surface area contributed by atoms with Crippen molar-refractivity contribution in [3.05, 3.63) is 59.7 Å². The number of piperidine rings is 1. The predicted molar refractivity (Wildman–Crippen MR) is 121 cm³/mol. The molecule has 1 fully saturated rings. The molecule has 1 saturated heterocycles. The lowest BCUT2D eigenvalue weighted by Crippen LogP contribution is -2.47. The van der Waals surface area contributed by atoms with Crippen LogP contribution in [0.1, 0.15) is 25.7 Å². The molecule has 1 aliphatic rings. The highest BCUT2D eigenvalue weighted by atomic mass is 32.1. The Balaban J connectivity index is 1.34. The molecule has 0 saturated carbocycles. The molecule has 174 valence electrons. The van der Waals surface area contributed by atoms with Gasteiger partial charge in [0.25, 0.3) is 0 Å². The van der Waals surface area contributed by atoms with Crippen molar-refractivity contribution >= 4 is 23.0 Å². The van der Waals surface area contributed by atoms with Crippen LogP contribution < -0.4 is 10.1 Å². The first-order chi connectivity index (χ1) is 15.3. The molecule has 0 amide bonds. The number of halogens is 4. The maximum Gasteiger partial charge on any atom is 0.173 e. The van der Waals surface area contributed by atoms with Gasteiger partial charge in [0, 0.05) is 32.2 Å². The molecule has 2 aromatic carbocycles. The molecule has 0 spiro atoms. The molecule has 4 nitrogen and oxygen atoms in total. The smallest absolute Gasteiger partial charge is 0.173 e. The van der Waals surface area contributed by atoms with E-state index in [4.69, 9.17) is 17.0 Å². The summed E-state index contributed by atoms with van der Waals surface area (Å²) in [6, 6.07) is 7.41. The lowest BCUT2D eigenvalue weighted by atomic mass is 10.0. The molecule has 0 atom stereocenters. The van der Waals surface area contributed by atoms with Crippen molar-refractivity contribution in [1.29, 1.82) is 0 Å². The molecule has 3 rings (SSSR count). The quantitative estimate of drug-likeness (QED) is 0.326. The summed E-state index contributed by atoms with van der Waals surface area (Å²) in [5.74, 6) is -2.83. The first kappa shape index (κ1) is 24.3. The van der Waals surface area contributed by atoms with Crippen LogP contribution >= 0.6 is 12.2 Å². The van der Waals surface area contributed by atoms with Crippen molar-refractivity contribution in [3.8, 4) is 5.75 Å². The molecule has 1 aliphatic heterocycles. The standard InChI is InChI=1S/C23H27F4N3OS/c1-29(23(32)28-22-19(25)5-4-6-20(22)26)16-9-12-30(13-10-16)11-2-3-14-31-17-7-8-18(24)21(27)15-17/h4-8,15-16H,2-3,9-14H2,1H3,(H,28,32). The van der Waals surface area contributed by atoms with Crippen LogP contribution in [-0.2, 0) is 0 Å². The van der Waals surface area contributed by atoms with E-state index in [0.717, 1.165) is 57.5 Å². The molecule has 0 unspecified atom stereocenters. The number of likely N-dealkylation sites (tertiary alicyclic amines) is 1. The van der Waals surface area contributed by atoms with Crippen molar-refractivity contribution in [2.75, 3.05) is 38.6 Å². The van der Waals surface area contributed by atoms with Crippen molar-refractivity contribution < 1.29 is 22.3 Å². The lowest BCUT2D eigenvalue weighted by molar-refractivity contribution is 0.161. The SMILES string of the molecule is CN(C(=S)Nc1c(F)cccc1F)C1CCN(CCCCOc2ccc(F)c(F)c2)CC1. The first-order valence-electron chi connectivity index (χ1n) is 10.6. The molecule has 2 aromatic rings. The van der Waals surface area contributed by atoms with Crippen LogP contribution in [0.5, 0.6) is 5.75 Å². The molecular formula is C23H27F4N3OS. The minimum absolute atomic E-state index is 0.192. The molecule has 0 aromatic heterocycles. The Hall–Kier alpha value is -2.39. The zero-order valence-electron chi connectivity index (χ0n) is 17.9. The van der Waals surface area contributed by atoms with E-state index in [1.165, 1.54) is 24.3 Å². The molecule has 0 radical (unpaired) electrons. The largest absolute Gasteiger partial charge is 0.493 e. The Morgan fingerprint density at radius 3 is 2.38 bits per heavy atom. The Bertz CT molecular complexity index is 902. The highest BCUT2D eigenvalue weighted by Crippen LogP contribution is 2.21. The lowest BCUT2D eigenvalue weighted by Gasteiger charge is -2.38. The van der Waals surface area contributed by atoms with Gasteiger partial charge in [-0.05, 0) is 68.7 Å². The Morgan fingerprint density at radius 1 is 1.03 bits per heavy atom. The van der Waals surface area contributed by atoms with E-state index in [2.05, 4.69) is 10.2 Å². The van der Waals surface area contributed by atoms with Gasteiger partial charge in [-0.1, -0.05) is 6.07 Å². The van der Waals surface area contributed by atoms with Crippen LogP contribution in [0.3, 0.4) is 0 Å². The average molecular weight is 470 g/mol. The third-order valence-electron chi connectivity index (χ3n) is 5.65. The van der Waals surface area contributed by atoms with Gasteiger partial charge in [0.1, 0.15) is 23.1 Å². The third-order valence-corrected chi connectivity index (χ3v) is 6.04. The van der Waals surface area contributed by atoms with Gasteiger partial charge in [0.15, 0.2) is 16.7 Å². The van der Waals surface area contributed by atoms with Crippen LogP contribution in [-0.4, -0.2) is 54.2 Å². The normalized spacial score (nSPS) is 14.9. The summed E-state index contributed by atoms with van der Waals surface area (Å²) >= 11 is 5.35. The molecule has 0 bridgehead atoms. The van der Waals surface area contributed by atoms with Crippen molar-refractivity contribution in [3.63, 3.8) is 0 Å². The second-order valence-corrected chi connectivity index (χ2v) is 8.23. The van der Waals surface area contributed by atoms with E-state index in [-0.39, 0.29) is 11.7 Å². The van der Waals surface area contributed by atoms with Gasteiger partial charge < -0.3 is 19.9 Å². The average Bonchev–Trinajstić information content (AvgIpc) is 2.78. The Labute approximate surface area is 191 Å². The summed E-state index contributed by atoms with van der Waals surface area (Å²) in [5.41, 5.74) is -0.229. The van der Waals surface area contributed by atoms with Gasteiger partial charge in [-0.25, -0.2) is 17.6 Å². The van der Waals surface area contributed by atoms with Crippen molar-refractivity contribution in [1.82, 2.24) is 9.80 Å². The van der Waals surface area contributed by atoms with Crippen molar-refractivity contribution in [2.45, 2.75) is 31.7 Å². The molecule has 1 heterocycles. The maximum atomic E-state index is 13.8. The number of hydrogen-bond donors (Lipinski definition) is 1. The van der Waals surface area contributed by atoms with Gasteiger partial charge in [0.2, 0.25) is 0 Å².